The molecule has 2 heterocycles. The van der Waals surface area contributed by atoms with Gasteiger partial charge >= 0.3 is 0 Å². The third-order valence-corrected chi connectivity index (χ3v) is 3.09. The summed E-state index contributed by atoms with van der Waals surface area (Å²) in [5.41, 5.74) is 1.25. The Bertz CT molecular complexity index is 369. The standard InChI is InChI=1S/C11H12N2S/c1-12-11(10-3-2-8-14-10)9-4-6-13-7-5-9/h2-8,11-12H,1H3. The molecular formula is C11H12N2S. The third-order valence-electron chi connectivity index (χ3n) is 2.16. The zero-order chi connectivity index (χ0) is 9.80. The van der Waals surface area contributed by atoms with Crippen LogP contribution in [0.4, 0.5) is 0 Å². The highest BCUT2D eigenvalue weighted by Gasteiger charge is 2.11. The van der Waals surface area contributed by atoms with Gasteiger partial charge in [-0.05, 0) is 36.2 Å². The van der Waals surface area contributed by atoms with Crippen LogP contribution in [0.3, 0.4) is 0 Å². The molecule has 0 radical (unpaired) electrons. The molecule has 2 aromatic heterocycles. The Kier molecular flexibility index (Phi) is 2.91. The van der Waals surface area contributed by atoms with E-state index in [4.69, 9.17) is 0 Å². The molecule has 72 valence electrons. The van der Waals surface area contributed by atoms with Gasteiger partial charge in [-0.25, -0.2) is 0 Å². The minimum atomic E-state index is 0.290. The second-order valence-electron chi connectivity index (χ2n) is 3.02. The lowest BCUT2D eigenvalue weighted by molar-refractivity contribution is 0.703. The van der Waals surface area contributed by atoms with Crippen LogP contribution in [0.15, 0.2) is 42.0 Å². The molecule has 0 saturated heterocycles. The molecule has 0 fully saturated rings. The van der Waals surface area contributed by atoms with Gasteiger partial charge in [-0.2, -0.15) is 0 Å². The lowest BCUT2D eigenvalue weighted by Crippen LogP contribution is -2.16. The molecule has 0 aliphatic heterocycles. The van der Waals surface area contributed by atoms with Crippen LogP contribution >= 0.6 is 11.3 Å². The second kappa shape index (κ2) is 4.35. The summed E-state index contributed by atoms with van der Waals surface area (Å²) in [6.07, 6.45) is 3.65. The van der Waals surface area contributed by atoms with Crippen molar-refractivity contribution in [2.45, 2.75) is 6.04 Å². The molecule has 2 rings (SSSR count). The molecule has 0 aliphatic carbocycles. The van der Waals surface area contributed by atoms with Gasteiger partial charge in [0.15, 0.2) is 0 Å². The van der Waals surface area contributed by atoms with Gasteiger partial charge in [0.1, 0.15) is 0 Å². The summed E-state index contributed by atoms with van der Waals surface area (Å²) in [6.45, 7) is 0. The molecule has 0 amide bonds. The van der Waals surface area contributed by atoms with Crippen LogP contribution in [0.2, 0.25) is 0 Å². The fraction of sp³-hybridized carbons (Fsp3) is 0.182. The number of nitrogens with one attached hydrogen (secondary N) is 1. The Morgan fingerprint density at radius 3 is 2.64 bits per heavy atom. The maximum Gasteiger partial charge on any atom is 0.0669 e. The predicted molar refractivity (Wildman–Crippen MR) is 59.5 cm³/mol. The molecule has 1 N–H and O–H groups in total. The second-order valence-corrected chi connectivity index (χ2v) is 4.00. The number of rotatable bonds is 3. The molecule has 0 aliphatic rings. The fourth-order valence-electron chi connectivity index (χ4n) is 1.48. The molecule has 2 aromatic rings. The SMILES string of the molecule is CNC(c1ccncc1)c1cccs1. The molecule has 1 unspecified atom stereocenters. The van der Waals surface area contributed by atoms with Crippen molar-refractivity contribution in [1.29, 1.82) is 0 Å². The molecule has 1 atom stereocenters. The Morgan fingerprint density at radius 1 is 1.29 bits per heavy atom. The van der Waals surface area contributed by atoms with Gasteiger partial charge in [0.2, 0.25) is 0 Å². The van der Waals surface area contributed by atoms with Gasteiger partial charge in [0, 0.05) is 17.3 Å². The molecule has 0 spiro atoms. The van der Waals surface area contributed by atoms with Crippen LogP contribution in [-0.2, 0) is 0 Å². The van der Waals surface area contributed by atoms with Crippen LogP contribution in [0, 0.1) is 0 Å². The normalized spacial score (nSPS) is 12.6. The quantitative estimate of drug-likeness (QED) is 0.830. The maximum atomic E-state index is 4.02. The van der Waals surface area contributed by atoms with E-state index in [1.165, 1.54) is 10.4 Å². The highest BCUT2D eigenvalue weighted by atomic mass is 32.1. The van der Waals surface area contributed by atoms with Crippen molar-refractivity contribution >= 4 is 11.3 Å². The summed E-state index contributed by atoms with van der Waals surface area (Å²) in [4.78, 5) is 5.35. The van der Waals surface area contributed by atoms with Crippen molar-refractivity contribution in [2.75, 3.05) is 7.05 Å². The molecule has 0 aromatic carbocycles. The van der Waals surface area contributed by atoms with Crippen molar-refractivity contribution in [3.8, 4) is 0 Å². The van der Waals surface area contributed by atoms with Gasteiger partial charge in [0.25, 0.3) is 0 Å². The van der Waals surface area contributed by atoms with E-state index in [0.717, 1.165) is 0 Å². The number of aromatic nitrogens is 1. The van der Waals surface area contributed by atoms with Crippen LogP contribution in [0.1, 0.15) is 16.5 Å². The average molecular weight is 204 g/mol. The van der Waals surface area contributed by atoms with Crippen LogP contribution in [-0.4, -0.2) is 12.0 Å². The van der Waals surface area contributed by atoms with E-state index in [1.807, 2.05) is 31.6 Å². The van der Waals surface area contributed by atoms with Crippen LogP contribution in [0.5, 0.6) is 0 Å². The zero-order valence-corrected chi connectivity index (χ0v) is 8.79. The van der Waals surface area contributed by atoms with Crippen molar-refractivity contribution < 1.29 is 0 Å². The average Bonchev–Trinajstić information content (AvgIpc) is 2.74. The van der Waals surface area contributed by atoms with Gasteiger partial charge < -0.3 is 5.32 Å². The summed E-state index contributed by atoms with van der Waals surface area (Å²) in [6, 6.07) is 8.59. The first-order valence-electron chi connectivity index (χ1n) is 4.52. The van der Waals surface area contributed by atoms with Crippen molar-refractivity contribution in [1.82, 2.24) is 10.3 Å². The zero-order valence-electron chi connectivity index (χ0n) is 7.97. The Labute approximate surface area is 87.6 Å². The number of hydrogen-bond acceptors (Lipinski definition) is 3. The topological polar surface area (TPSA) is 24.9 Å². The van der Waals surface area contributed by atoms with E-state index >= 15 is 0 Å². The minimum absolute atomic E-state index is 0.290. The lowest BCUT2D eigenvalue weighted by Gasteiger charge is -2.14. The maximum absolute atomic E-state index is 4.02. The molecule has 3 heteroatoms. The molecule has 0 bridgehead atoms. The Morgan fingerprint density at radius 2 is 2.07 bits per heavy atom. The highest BCUT2D eigenvalue weighted by molar-refractivity contribution is 7.10. The van der Waals surface area contributed by atoms with Gasteiger partial charge in [0.05, 0.1) is 6.04 Å². The summed E-state index contributed by atoms with van der Waals surface area (Å²) < 4.78 is 0. The van der Waals surface area contributed by atoms with E-state index < -0.39 is 0 Å². The molecule has 0 saturated carbocycles. The monoisotopic (exact) mass is 204 g/mol. The third kappa shape index (κ3) is 1.84. The first-order valence-corrected chi connectivity index (χ1v) is 5.40. The van der Waals surface area contributed by atoms with Crippen molar-refractivity contribution in [3.05, 3.63) is 52.5 Å². The Balaban J connectivity index is 2.31. The number of pyridine rings is 1. The minimum Gasteiger partial charge on any atom is -0.309 e. The van der Waals surface area contributed by atoms with E-state index in [0.29, 0.717) is 0 Å². The lowest BCUT2D eigenvalue weighted by atomic mass is 10.1. The number of thiophene rings is 1. The van der Waals surface area contributed by atoms with Crippen molar-refractivity contribution in [2.24, 2.45) is 0 Å². The van der Waals surface area contributed by atoms with Crippen LogP contribution in [0.25, 0.3) is 0 Å². The van der Waals surface area contributed by atoms with E-state index in [-0.39, 0.29) is 6.04 Å². The van der Waals surface area contributed by atoms with Gasteiger partial charge in [-0.3, -0.25) is 4.98 Å². The predicted octanol–water partition coefficient (Wildman–Crippen LogP) is 2.45. The van der Waals surface area contributed by atoms with Gasteiger partial charge in [-0.15, -0.1) is 11.3 Å². The van der Waals surface area contributed by atoms with Crippen LogP contribution < -0.4 is 5.32 Å². The highest BCUT2D eigenvalue weighted by Crippen LogP contribution is 2.24. The number of hydrogen-bond donors (Lipinski definition) is 1. The largest absolute Gasteiger partial charge is 0.309 e. The molecular weight excluding hydrogens is 192 g/mol. The smallest absolute Gasteiger partial charge is 0.0669 e. The summed E-state index contributed by atoms with van der Waals surface area (Å²) in [7, 11) is 1.98. The summed E-state index contributed by atoms with van der Waals surface area (Å²) in [5, 5.41) is 5.40. The van der Waals surface area contributed by atoms with Crippen molar-refractivity contribution in [3.63, 3.8) is 0 Å². The Hall–Kier alpha value is -1.19. The first-order chi connectivity index (χ1) is 6.92. The first kappa shape index (κ1) is 9.37. The molecule has 14 heavy (non-hydrogen) atoms. The van der Waals surface area contributed by atoms with E-state index in [1.54, 1.807) is 11.3 Å². The van der Waals surface area contributed by atoms with E-state index in [2.05, 4.69) is 27.8 Å². The molecule has 2 nitrogen and oxygen atoms in total. The van der Waals surface area contributed by atoms with Gasteiger partial charge in [-0.1, -0.05) is 6.07 Å². The summed E-state index contributed by atoms with van der Waals surface area (Å²) >= 11 is 1.77. The number of nitrogens with zero attached hydrogens (tertiary/aromatic N) is 1. The fourth-order valence-corrected chi connectivity index (χ4v) is 2.35. The summed E-state index contributed by atoms with van der Waals surface area (Å²) in [5.74, 6) is 0. The van der Waals surface area contributed by atoms with E-state index in [9.17, 15) is 0 Å².